The van der Waals surface area contributed by atoms with E-state index in [9.17, 15) is 0 Å². The highest BCUT2D eigenvalue weighted by molar-refractivity contribution is 5.83. The second kappa shape index (κ2) is 6.97. The second-order valence-corrected chi connectivity index (χ2v) is 7.88. The average Bonchev–Trinajstić information content (AvgIpc) is 3.08. The molecule has 3 aromatic rings. The Bertz CT molecular complexity index is 950. The first-order valence-electron chi connectivity index (χ1n) is 10.0. The van der Waals surface area contributed by atoms with E-state index in [1.165, 1.54) is 29.2 Å². The Labute approximate surface area is 160 Å². The van der Waals surface area contributed by atoms with E-state index in [4.69, 9.17) is 4.74 Å². The van der Waals surface area contributed by atoms with Crippen LogP contribution in [0.15, 0.2) is 42.5 Å². The lowest BCUT2D eigenvalue weighted by Crippen LogP contribution is -2.47. The molecule has 0 aliphatic carbocycles. The molecule has 2 atom stereocenters. The van der Waals surface area contributed by atoms with Crippen LogP contribution in [0.25, 0.3) is 10.8 Å². The van der Waals surface area contributed by atoms with Crippen LogP contribution >= 0.6 is 0 Å². The molecule has 0 amide bonds. The first kappa shape index (κ1) is 16.8. The van der Waals surface area contributed by atoms with Gasteiger partial charge in [0.15, 0.2) is 0 Å². The number of hydrogen-bond acceptors (Lipinski definition) is 4. The normalized spacial score (nSPS) is 22.8. The number of nitrogens with zero attached hydrogens (tertiary/aromatic N) is 4. The van der Waals surface area contributed by atoms with Crippen molar-refractivity contribution in [3.63, 3.8) is 0 Å². The molecule has 2 saturated heterocycles. The molecule has 1 aromatic heterocycles. The predicted octanol–water partition coefficient (Wildman–Crippen LogP) is 3.56. The fourth-order valence-corrected chi connectivity index (χ4v) is 4.58. The van der Waals surface area contributed by atoms with E-state index >= 15 is 0 Å². The summed E-state index contributed by atoms with van der Waals surface area (Å²) < 4.78 is 8.11. The third kappa shape index (κ3) is 3.21. The molecule has 0 bridgehead atoms. The fraction of sp³-hybridized carbons (Fsp3) is 0.455. The Morgan fingerprint density at radius 2 is 1.96 bits per heavy atom. The van der Waals surface area contributed by atoms with Gasteiger partial charge in [0.25, 0.3) is 0 Å². The Hall–Kier alpha value is -2.40. The molecule has 2 fully saturated rings. The van der Waals surface area contributed by atoms with Gasteiger partial charge in [0.2, 0.25) is 5.95 Å². The molecule has 0 N–H and O–H groups in total. The number of rotatable bonds is 3. The average molecular weight is 362 g/mol. The minimum Gasteiger partial charge on any atom is -0.378 e. The molecule has 2 aromatic carbocycles. The molecule has 27 heavy (non-hydrogen) atoms. The maximum Gasteiger partial charge on any atom is 0.226 e. The Morgan fingerprint density at radius 3 is 2.89 bits per heavy atom. The number of aromatic nitrogens is 3. The standard InChI is InChI=1S/C22H26N4O/c1-25-21(14-16-8-9-17-5-2-3-6-18(17)13-16)23-24-22(25)26-11-10-20-19(15-26)7-4-12-27-20/h2-3,5-6,8-9,13,19-20H,4,7,10-12,14-15H2,1H3. The van der Waals surface area contributed by atoms with Gasteiger partial charge in [-0.2, -0.15) is 0 Å². The number of benzene rings is 2. The number of piperidine rings is 1. The number of hydrogen-bond donors (Lipinski definition) is 0. The molecule has 2 unspecified atom stereocenters. The zero-order chi connectivity index (χ0) is 18.2. The van der Waals surface area contributed by atoms with Crippen LogP contribution in [0.4, 0.5) is 5.95 Å². The minimum atomic E-state index is 0.445. The van der Waals surface area contributed by atoms with Gasteiger partial charge < -0.3 is 14.2 Å². The molecule has 2 aliphatic rings. The van der Waals surface area contributed by atoms with E-state index < -0.39 is 0 Å². The van der Waals surface area contributed by atoms with Gasteiger partial charge in [-0.3, -0.25) is 0 Å². The summed E-state index contributed by atoms with van der Waals surface area (Å²) in [6, 6.07) is 15.1. The van der Waals surface area contributed by atoms with Gasteiger partial charge in [-0.15, -0.1) is 10.2 Å². The lowest BCUT2D eigenvalue weighted by molar-refractivity contribution is -0.0359. The summed E-state index contributed by atoms with van der Waals surface area (Å²) in [5.74, 6) is 2.64. The van der Waals surface area contributed by atoms with Crippen molar-refractivity contribution < 1.29 is 4.74 Å². The molecule has 0 spiro atoms. The third-order valence-corrected chi connectivity index (χ3v) is 6.12. The topological polar surface area (TPSA) is 43.2 Å². The maximum absolute atomic E-state index is 5.95. The van der Waals surface area contributed by atoms with E-state index in [0.29, 0.717) is 12.0 Å². The van der Waals surface area contributed by atoms with Gasteiger partial charge in [0.1, 0.15) is 5.82 Å². The highest BCUT2D eigenvalue weighted by Crippen LogP contribution is 2.30. The van der Waals surface area contributed by atoms with Crippen LogP contribution in [0.3, 0.4) is 0 Å². The largest absolute Gasteiger partial charge is 0.378 e. The van der Waals surface area contributed by atoms with Crippen LogP contribution in [0, 0.1) is 5.92 Å². The van der Waals surface area contributed by atoms with E-state index in [2.05, 4.69) is 69.2 Å². The monoisotopic (exact) mass is 362 g/mol. The van der Waals surface area contributed by atoms with Crippen molar-refractivity contribution >= 4 is 16.7 Å². The molecule has 3 heterocycles. The van der Waals surface area contributed by atoms with E-state index in [0.717, 1.165) is 44.3 Å². The van der Waals surface area contributed by atoms with Crippen LogP contribution in [0.2, 0.25) is 0 Å². The molecule has 5 heteroatoms. The third-order valence-electron chi connectivity index (χ3n) is 6.12. The summed E-state index contributed by atoms with van der Waals surface area (Å²) in [5, 5.41) is 11.6. The van der Waals surface area contributed by atoms with Crippen LogP contribution in [0.1, 0.15) is 30.7 Å². The van der Waals surface area contributed by atoms with Crippen molar-refractivity contribution in [3.05, 3.63) is 53.9 Å². The Morgan fingerprint density at radius 1 is 1.07 bits per heavy atom. The van der Waals surface area contributed by atoms with Crippen LogP contribution in [0.5, 0.6) is 0 Å². The molecular weight excluding hydrogens is 336 g/mol. The molecule has 2 aliphatic heterocycles. The number of ether oxygens (including phenoxy) is 1. The highest BCUT2D eigenvalue weighted by Gasteiger charge is 2.33. The summed E-state index contributed by atoms with van der Waals surface area (Å²) in [6.07, 6.45) is 4.79. The minimum absolute atomic E-state index is 0.445. The van der Waals surface area contributed by atoms with Crippen molar-refractivity contribution in [2.24, 2.45) is 13.0 Å². The maximum atomic E-state index is 5.95. The quantitative estimate of drug-likeness (QED) is 0.714. The summed E-state index contributed by atoms with van der Waals surface area (Å²) in [5.41, 5.74) is 1.27. The number of anilines is 1. The Balaban J connectivity index is 1.35. The molecule has 5 rings (SSSR count). The fourth-order valence-electron chi connectivity index (χ4n) is 4.58. The Kier molecular flexibility index (Phi) is 4.32. The highest BCUT2D eigenvalue weighted by atomic mass is 16.5. The zero-order valence-electron chi connectivity index (χ0n) is 15.8. The van der Waals surface area contributed by atoms with E-state index in [1.807, 2.05) is 0 Å². The predicted molar refractivity (Wildman–Crippen MR) is 107 cm³/mol. The van der Waals surface area contributed by atoms with Crippen molar-refractivity contribution in [3.8, 4) is 0 Å². The zero-order valence-corrected chi connectivity index (χ0v) is 15.8. The van der Waals surface area contributed by atoms with Gasteiger partial charge in [0.05, 0.1) is 6.10 Å². The van der Waals surface area contributed by atoms with Crippen molar-refractivity contribution in [1.29, 1.82) is 0 Å². The summed E-state index contributed by atoms with van der Waals surface area (Å²) >= 11 is 0. The smallest absolute Gasteiger partial charge is 0.226 e. The molecule has 0 radical (unpaired) electrons. The second-order valence-electron chi connectivity index (χ2n) is 7.88. The molecule has 5 nitrogen and oxygen atoms in total. The van der Waals surface area contributed by atoms with E-state index in [1.54, 1.807) is 0 Å². The van der Waals surface area contributed by atoms with Crippen molar-refractivity contribution in [1.82, 2.24) is 14.8 Å². The first-order chi connectivity index (χ1) is 13.3. The van der Waals surface area contributed by atoms with Gasteiger partial charge in [-0.05, 0) is 35.6 Å². The summed E-state index contributed by atoms with van der Waals surface area (Å²) in [4.78, 5) is 2.40. The first-order valence-corrected chi connectivity index (χ1v) is 10.0. The number of fused-ring (bicyclic) bond motifs is 2. The SMILES string of the molecule is Cn1c(Cc2ccc3ccccc3c2)nnc1N1CCC2OCCCC2C1. The van der Waals surface area contributed by atoms with Gasteiger partial charge >= 0.3 is 0 Å². The van der Waals surface area contributed by atoms with Crippen LogP contribution < -0.4 is 4.90 Å². The lowest BCUT2D eigenvalue weighted by atomic mass is 9.89. The summed E-state index contributed by atoms with van der Waals surface area (Å²) in [7, 11) is 2.09. The van der Waals surface area contributed by atoms with Crippen molar-refractivity contribution in [2.45, 2.75) is 31.8 Å². The van der Waals surface area contributed by atoms with Crippen LogP contribution in [-0.2, 0) is 18.2 Å². The van der Waals surface area contributed by atoms with Gasteiger partial charge in [0, 0.05) is 39.1 Å². The molecular formula is C22H26N4O. The lowest BCUT2D eigenvalue weighted by Gasteiger charge is -2.41. The molecule has 140 valence electrons. The molecule has 0 saturated carbocycles. The van der Waals surface area contributed by atoms with Gasteiger partial charge in [-0.25, -0.2) is 0 Å². The summed E-state index contributed by atoms with van der Waals surface area (Å²) in [6.45, 7) is 2.97. The van der Waals surface area contributed by atoms with Crippen LogP contribution in [-0.4, -0.2) is 40.6 Å². The van der Waals surface area contributed by atoms with Gasteiger partial charge in [-0.1, -0.05) is 42.5 Å². The van der Waals surface area contributed by atoms with E-state index in [-0.39, 0.29) is 0 Å². The van der Waals surface area contributed by atoms with Crippen molar-refractivity contribution in [2.75, 3.05) is 24.6 Å².